The summed E-state index contributed by atoms with van der Waals surface area (Å²) in [6.45, 7) is 12.7. The minimum absolute atomic E-state index is 0.0454. The highest BCUT2D eigenvalue weighted by Crippen LogP contribution is 2.40. The summed E-state index contributed by atoms with van der Waals surface area (Å²) in [5.41, 5.74) is 9.75. The molecule has 0 saturated heterocycles. The van der Waals surface area contributed by atoms with E-state index in [4.69, 9.17) is 0 Å². The van der Waals surface area contributed by atoms with Crippen molar-refractivity contribution in [3.05, 3.63) is 177 Å². The molecule has 0 atom stereocenters. The molecule has 0 amide bonds. The molecule has 0 unspecified atom stereocenters. The van der Waals surface area contributed by atoms with Gasteiger partial charge in [-0.05, 0) is 131 Å². The summed E-state index contributed by atoms with van der Waals surface area (Å²) in [5.74, 6) is 0. The molecule has 0 saturated carbocycles. The lowest BCUT2D eigenvalue weighted by molar-refractivity contribution is 0.609. The molecule has 0 bridgehead atoms. The smallest absolute Gasteiger partial charge is 0.138 e. The fourth-order valence-electron chi connectivity index (χ4n) is 9.55. The largest absolute Gasteiger partial charge is 0.372 e. The Labute approximate surface area is 455 Å². The fraction of sp³-hybridized carbons (Fsp3) is 0.353. The first-order valence-electron chi connectivity index (χ1n) is 27.6. The number of hydrogen-bond donors (Lipinski definition) is 0. The Morgan fingerprint density at radius 1 is 0.342 bits per heavy atom. The zero-order valence-electron chi connectivity index (χ0n) is 45.4. The van der Waals surface area contributed by atoms with E-state index in [9.17, 15) is 31.6 Å². The van der Waals surface area contributed by atoms with Crippen LogP contribution in [0.5, 0.6) is 0 Å². The second-order valence-corrected chi connectivity index (χ2v) is 19.4. The van der Waals surface area contributed by atoms with Crippen LogP contribution in [0.2, 0.25) is 0 Å². The van der Waals surface area contributed by atoms with Crippen molar-refractivity contribution < 1.29 is 0 Å². The SMILES string of the molecule is CCCCCCN(CCCCCC)c1ccc(C(=C(C#N)C#N)/C(=C/c2ccc(C#N)cc2)c2ccc(/C(=C\c3ccc(C#N)cc3)C(=C(C#N)C#N)c3ccc(N(CCCCCC)CCCCCC)cc3)cc2)cc1. The Kier molecular flexibility index (Phi) is 25.2. The monoisotopic (exact) mass is 1000 g/mol. The van der Waals surface area contributed by atoms with Gasteiger partial charge in [0.15, 0.2) is 0 Å². The van der Waals surface area contributed by atoms with Gasteiger partial charge in [0.2, 0.25) is 0 Å². The third kappa shape index (κ3) is 17.4. The number of unbranched alkanes of at least 4 members (excludes halogenated alkanes) is 12. The highest BCUT2D eigenvalue weighted by atomic mass is 15.1. The van der Waals surface area contributed by atoms with Gasteiger partial charge in [-0.1, -0.05) is 178 Å². The Balaban J connectivity index is 1.67. The third-order valence-corrected chi connectivity index (χ3v) is 13.9. The summed E-state index contributed by atoms with van der Waals surface area (Å²) in [6, 6.07) is 51.9. The predicted octanol–water partition coefficient (Wildman–Crippen LogP) is 17.4. The molecule has 0 aliphatic heterocycles. The second-order valence-electron chi connectivity index (χ2n) is 19.4. The van der Waals surface area contributed by atoms with E-state index in [2.05, 4.69) is 98.2 Å². The zero-order chi connectivity index (χ0) is 54.3. The van der Waals surface area contributed by atoms with Crippen LogP contribution in [0.15, 0.2) is 132 Å². The standard InChI is InChI=1S/C68H74N8/c1-5-9-13-17-41-75(42-18-14-10-6-2)63-37-33-59(34-38-63)67(61(49-71)50-72)65(45-53-21-25-55(47-69)26-22-53)57-29-31-58(32-30-57)66(46-54-23-27-56(48-70)28-24-54)68(62(51-73)52-74)60-35-39-64(40-36-60)76(43-19-15-11-7-3)44-20-16-12-8-4/h21-40,45-46H,5-20,41-44H2,1-4H3/b65-45+,66-46+. The van der Waals surface area contributed by atoms with Gasteiger partial charge in [-0.15, -0.1) is 0 Å². The molecular formula is C68H74N8. The van der Waals surface area contributed by atoms with Gasteiger partial charge in [0.25, 0.3) is 0 Å². The molecule has 386 valence electrons. The maximum absolute atomic E-state index is 10.6. The van der Waals surface area contributed by atoms with E-state index in [1.165, 1.54) is 77.0 Å². The fourth-order valence-corrected chi connectivity index (χ4v) is 9.55. The minimum Gasteiger partial charge on any atom is -0.372 e. The molecule has 76 heavy (non-hydrogen) atoms. The van der Waals surface area contributed by atoms with Crippen molar-refractivity contribution in [2.45, 2.75) is 130 Å². The van der Waals surface area contributed by atoms with Crippen LogP contribution in [0, 0.1) is 68.0 Å². The van der Waals surface area contributed by atoms with Crippen molar-refractivity contribution >= 4 is 45.8 Å². The van der Waals surface area contributed by atoms with Gasteiger partial charge in [-0.25, -0.2) is 0 Å². The van der Waals surface area contributed by atoms with Crippen LogP contribution >= 0.6 is 0 Å². The van der Waals surface area contributed by atoms with E-state index in [0.29, 0.717) is 44.5 Å². The van der Waals surface area contributed by atoms with E-state index in [1.807, 2.05) is 84.9 Å². The molecule has 0 heterocycles. The lowest BCUT2D eigenvalue weighted by atomic mass is 9.85. The van der Waals surface area contributed by atoms with Crippen LogP contribution in [0.25, 0.3) is 34.4 Å². The summed E-state index contributed by atoms with van der Waals surface area (Å²) in [7, 11) is 0. The van der Waals surface area contributed by atoms with Gasteiger partial charge in [0, 0.05) is 48.7 Å². The van der Waals surface area contributed by atoms with E-state index in [1.54, 1.807) is 24.3 Å². The van der Waals surface area contributed by atoms with E-state index < -0.39 is 0 Å². The average Bonchev–Trinajstić information content (AvgIpc) is 3.47. The average molecular weight is 1000 g/mol. The molecular weight excluding hydrogens is 929 g/mol. The predicted molar refractivity (Wildman–Crippen MR) is 315 cm³/mol. The number of rotatable bonds is 30. The molecule has 5 aromatic rings. The van der Waals surface area contributed by atoms with Gasteiger partial charge in [0.1, 0.15) is 35.4 Å². The van der Waals surface area contributed by atoms with Crippen LogP contribution in [-0.2, 0) is 0 Å². The number of nitrogens with zero attached hydrogens (tertiary/aromatic N) is 8. The van der Waals surface area contributed by atoms with Gasteiger partial charge in [0.05, 0.1) is 23.3 Å². The highest BCUT2D eigenvalue weighted by Gasteiger charge is 2.21. The quantitative estimate of drug-likeness (QED) is 0.0191. The number of benzene rings is 5. The normalized spacial score (nSPS) is 11.0. The molecule has 0 aliphatic rings. The van der Waals surface area contributed by atoms with Crippen LogP contribution in [0.1, 0.15) is 175 Å². The molecule has 0 aromatic heterocycles. The summed E-state index contributed by atoms with van der Waals surface area (Å²) < 4.78 is 0. The number of allylic oxidation sites excluding steroid dienone is 6. The summed E-state index contributed by atoms with van der Waals surface area (Å²) in [6.07, 6.45) is 22.5. The zero-order valence-corrected chi connectivity index (χ0v) is 45.4. The van der Waals surface area contributed by atoms with Crippen molar-refractivity contribution in [1.29, 1.82) is 31.6 Å². The van der Waals surface area contributed by atoms with Gasteiger partial charge in [-0.2, -0.15) is 31.6 Å². The van der Waals surface area contributed by atoms with Crippen molar-refractivity contribution in [2.24, 2.45) is 0 Å². The Hall–Kier alpha value is -8.40. The topological polar surface area (TPSA) is 149 Å². The van der Waals surface area contributed by atoms with Crippen molar-refractivity contribution in [2.75, 3.05) is 36.0 Å². The molecule has 0 N–H and O–H groups in total. The number of nitriles is 6. The third-order valence-electron chi connectivity index (χ3n) is 13.9. The Morgan fingerprint density at radius 2 is 0.618 bits per heavy atom. The van der Waals surface area contributed by atoms with Crippen molar-refractivity contribution in [3.8, 4) is 36.4 Å². The molecule has 5 aromatic carbocycles. The van der Waals surface area contributed by atoms with Gasteiger partial charge < -0.3 is 9.80 Å². The first-order valence-corrected chi connectivity index (χ1v) is 27.6. The minimum atomic E-state index is -0.0454. The van der Waals surface area contributed by atoms with Crippen molar-refractivity contribution in [3.63, 3.8) is 0 Å². The number of anilines is 2. The van der Waals surface area contributed by atoms with Crippen LogP contribution in [0.3, 0.4) is 0 Å². The highest BCUT2D eigenvalue weighted by molar-refractivity contribution is 6.15. The molecule has 0 radical (unpaired) electrons. The van der Waals surface area contributed by atoms with Crippen LogP contribution in [0.4, 0.5) is 11.4 Å². The van der Waals surface area contributed by atoms with E-state index >= 15 is 0 Å². The first kappa shape index (κ1) is 58.5. The first-order chi connectivity index (χ1) is 37.3. The van der Waals surface area contributed by atoms with Gasteiger partial charge >= 0.3 is 0 Å². The van der Waals surface area contributed by atoms with Crippen LogP contribution in [-0.4, -0.2) is 26.2 Å². The number of hydrogen-bond acceptors (Lipinski definition) is 8. The molecule has 8 heteroatoms. The maximum atomic E-state index is 10.6. The molecule has 0 spiro atoms. The summed E-state index contributed by atoms with van der Waals surface area (Å²) in [5, 5.41) is 61.9. The lowest BCUT2D eigenvalue weighted by Gasteiger charge is -2.26. The summed E-state index contributed by atoms with van der Waals surface area (Å²) >= 11 is 0. The Bertz CT molecular complexity index is 2740. The van der Waals surface area contributed by atoms with E-state index in [0.717, 1.165) is 85.5 Å². The molecule has 0 fully saturated rings. The Morgan fingerprint density at radius 3 is 0.868 bits per heavy atom. The lowest BCUT2D eigenvalue weighted by Crippen LogP contribution is -2.25. The molecule has 0 aliphatic carbocycles. The van der Waals surface area contributed by atoms with Gasteiger partial charge in [-0.3, -0.25) is 0 Å². The maximum Gasteiger partial charge on any atom is 0.138 e. The summed E-state index contributed by atoms with van der Waals surface area (Å²) in [4.78, 5) is 4.92. The van der Waals surface area contributed by atoms with Crippen LogP contribution < -0.4 is 9.80 Å². The molecule has 5 rings (SSSR count). The molecule has 8 nitrogen and oxygen atoms in total. The van der Waals surface area contributed by atoms with E-state index in [-0.39, 0.29) is 11.1 Å². The van der Waals surface area contributed by atoms with Crippen molar-refractivity contribution in [1.82, 2.24) is 0 Å². The second kappa shape index (κ2) is 32.7.